The van der Waals surface area contributed by atoms with Gasteiger partial charge in [-0.1, -0.05) is 0 Å². The van der Waals surface area contributed by atoms with Gasteiger partial charge in [0.25, 0.3) is 0 Å². The molecule has 2 aliphatic rings. The van der Waals surface area contributed by atoms with Crippen LogP contribution in [-0.2, 0) is 21.3 Å². The minimum absolute atomic E-state index is 0. The fourth-order valence-electron chi connectivity index (χ4n) is 6.25. The molecule has 0 bridgehead atoms. The second kappa shape index (κ2) is 9.74. The van der Waals surface area contributed by atoms with Crippen molar-refractivity contribution < 1.29 is 46.1 Å². The van der Waals surface area contributed by atoms with Crippen LogP contribution in [0.5, 0.6) is 0 Å². The van der Waals surface area contributed by atoms with Crippen molar-refractivity contribution in [2.75, 3.05) is 0 Å². The Morgan fingerprint density at radius 1 is 0.625 bits per heavy atom. The van der Waals surface area contributed by atoms with E-state index in [1.54, 1.807) is 43.8 Å². The number of halogens is 2. The summed E-state index contributed by atoms with van der Waals surface area (Å²) in [5.74, 6) is 0. The summed E-state index contributed by atoms with van der Waals surface area (Å²) in [4.78, 5) is 0. The van der Waals surface area contributed by atoms with E-state index in [1.807, 2.05) is 0 Å². The fraction of sp³-hybridized carbons (Fsp3) is 0.370. The topological polar surface area (TPSA) is 0 Å². The van der Waals surface area contributed by atoms with Gasteiger partial charge >= 0.3 is 194 Å². The molecule has 0 saturated heterocycles. The van der Waals surface area contributed by atoms with Crippen molar-refractivity contribution in [1.29, 1.82) is 0 Å². The van der Waals surface area contributed by atoms with E-state index in [0.717, 1.165) is 0 Å². The van der Waals surface area contributed by atoms with Crippen LogP contribution in [0.25, 0.3) is 10.4 Å². The van der Waals surface area contributed by atoms with Crippen LogP contribution in [0.1, 0.15) is 43.4 Å². The van der Waals surface area contributed by atoms with Crippen LogP contribution in [0.3, 0.4) is 0 Å². The molecule has 0 amide bonds. The minimum Gasteiger partial charge on any atom is -1.00 e. The average Bonchev–Trinajstić information content (AvgIpc) is 3.10. The molecule has 4 rings (SSSR count). The first-order valence-corrected chi connectivity index (χ1v) is 22.8. The molecule has 0 saturated carbocycles. The fourth-order valence-corrected chi connectivity index (χ4v) is 19.1. The van der Waals surface area contributed by atoms with Crippen LogP contribution in [0, 0.1) is 0 Å². The Kier molecular flexibility index (Phi) is 8.50. The monoisotopic (exact) mass is 576 g/mol. The number of hydrogen-bond acceptors (Lipinski definition) is 0. The van der Waals surface area contributed by atoms with Crippen LogP contribution in [0.2, 0.25) is 39.3 Å². The quantitative estimate of drug-likeness (QED) is 0.486. The third kappa shape index (κ3) is 4.50. The van der Waals surface area contributed by atoms with Gasteiger partial charge in [0.1, 0.15) is 0 Å². The molecule has 0 aliphatic heterocycles. The third-order valence-electron chi connectivity index (χ3n) is 6.98. The Labute approximate surface area is 217 Å². The molecule has 2 aromatic rings. The Morgan fingerprint density at radius 3 is 1.25 bits per heavy atom. The second-order valence-corrected chi connectivity index (χ2v) is 26.9. The number of hydrogen-bond donors (Lipinski definition) is 0. The normalized spacial score (nSPS) is 19.6. The summed E-state index contributed by atoms with van der Waals surface area (Å²) >= 11 is -2.17. The Bertz CT molecular complexity index is 1030. The summed E-state index contributed by atoms with van der Waals surface area (Å²) in [7, 11) is -2.84. The molecule has 2 unspecified atom stereocenters. The van der Waals surface area contributed by atoms with Crippen molar-refractivity contribution in [3.8, 4) is 0 Å². The summed E-state index contributed by atoms with van der Waals surface area (Å²) in [5, 5.41) is 3.42. The van der Waals surface area contributed by atoms with Crippen LogP contribution < -0.4 is 24.8 Å². The SMILES string of the molecule is [CH2]=[Zr+2]([CH]1C(C)=C([Si](C)(C)C)c2ccccc21)[CH]1C(C)=C([Si](C)(C)C)c2ccccc21.[Cl-].[Cl-]. The molecule has 0 nitrogen and oxygen atoms in total. The zero-order valence-corrected chi connectivity index (χ0v) is 26.7. The first-order chi connectivity index (χ1) is 13.9. The Hall–Kier alpha value is -0.313. The maximum atomic E-state index is 5.09. The number of rotatable bonds is 4. The molecule has 0 fully saturated rings. The Morgan fingerprint density at radius 2 is 0.938 bits per heavy atom. The molecule has 0 aromatic heterocycles. The van der Waals surface area contributed by atoms with Crippen LogP contribution >= 0.6 is 0 Å². The predicted octanol–water partition coefficient (Wildman–Crippen LogP) is 1.86. The van der Waals surface area contributed by atoms with Crippen LogP contribution in [-0.4, -0.2) is 20.4 Å². The molecule has 32 heavy (non-hydrogen) atoms. The molecule has 170 valence electrons. The zero-order chi connectivity index (χ0) is 22.0. The van der Waals surface area contributed by atoms with Gasteiger partial charge in [0.15, 0.2) is 0 Å². The number of allylic oxidation sites excluding steroid dienone is 2. The van der Waals surface area contributed by atoms with Crippen molar-refractivity contribution in [2.24, 2.45) is 0 Å². The van der Waals surface area contributed by atoms with Crippen molar-refractivity contribution in [3.63, 3.8) is 0 Å². The van der Waals surface area contributed by atoms with Crippen molar-refractivity contribution in [2.45, 2.75) is 60.4 Å². The summed E-state index contributed by atoms with van der Waals surface area (Å²) in [5.41, 5.74) is 9.66. The largest absolute Gasteiger partial charge is 1.00 e. The molecule has 2 aliphatic carbocycles. The number of benzene rings is 2. The van der Waals surface area contributed by atoms with E-state index in [9.17, 15) is 0 Å². The van der Waals surface area contributed by atoms with E-state index in [-0.39, 0.29) is 24.8 Å². The first kappa shape index (κ1) is 27.9. The molecule has 2 atom stereocenters. The number of fused-ring (bicyclic) bond motifs is 2. The van der Waals surface area contributed by atoms with E-state index >= 15 is 0 Å². The van der Waals surface area contributed by atoms with Crippen molar-refractivity contribution in [1.82, 2.24) is 0 Å². The van der Waals surface area contributed by atoms with Gasteiger partial charge in [-0.15, -0.1) is 0 Å². The molecule has 0 spiro atoms. The van der Waals surface area contributed by atoms with E-state index in [4.69, 9.17) is 4.21 Å². The van der Waals surface area contributed by atoms with E-state index in [2.05, 4.69) is 102 Å². The van der Waals surface area contributed by atoms with Gasteiger partial charge in [-0.05, 0) is 0 Å². The van der Waals surface area contributed by atoms with Gasteiger partial charge < -0.3 is 24.8 Å². The van der Waals surface area contributed by atoms with Crippen molar-refractivity contribution in [3.05, 3.63) is 81.9 Å². The average molecular weight is 579 g/mol. The molecule has 2 aromatic carbocycles. The standard InChI is InChI=1S/2C13H17Si.CH2.2ClH.Zr/c2*1-10-9-11-7-5-6-8-12(11)13(10)14(2,3)4;;;;/h2*5-9H,1-4H3;1H2;2*1H;/q;;;;;+2/p-2. The summed E-state index contributed by atoms with van der Waals surface area (Å²) in [6, 6.07) is 18.6. The molecule has 0 heterocycles. The van der Waals surface area contributed by atoms with E-state index in [0.29, 0.717) is 7.25 Å². The zero-order valence-electron chi connectivity index (χ0n) is 20.7. The van der Waals surface area contributed by atoms with Crippen molar-refractivity contribution >= 4 is 30.8 Å². The second-order valence-electron chi connectivity index (χ2n) is 11.2. The molecular weight excluding hydrogens is 543 g/mol. The van der Waals surface area contributed by atoms with E-state index in [1.165, 1.54) is 0 Å². The van der Waals surface area contributed by atoms with Gasteiger partial charge in [0.05, 0.1) is 0 Å². The van der Waals surface area contributed by atoms with Gasteiger partial charge in [-0.2, -0.15) is 0 Å². The molecule has 0 radical (unpaired) electrons. The summed E-state index contributed by atoms with van der Waals surface area (Å²) in [6.45, 7) is 20.0. The van der Waals surface area contributed by atoms with E-state index < -0.39 is 37.4 Å². The Balaban J connectivity index is 0.00000181. The minimum atomic E-state index is -2.17. The van der Waals surface area contributed by atoms with Crippen LogP contribution in [0.15, 0.2) is 59.7 Å². The molecular formula is C27H36Cl2Si2Zr. The predicted molar refractivity (Wildman–Crippen MR) is 137 cm³/mol. The van der Waals surface area contributed by atoms with Crippen LogP contribution in [0.4, 0.5) is 0 Å². The van der Waals surface area contributed by atoms with Gasteiger partial charge in [-0.25, -0.2) is 0 Å². The first-order valence-electron chi connectivity index (χ1n) is 11.2. The van der Waals surface area contributed by atoms with Gasteiger partial charge in [0, 0.05) is 0 Å². The maximum absolute atomic E-state index is 5.09. The molecule has 0 N–H and O–H groups in total. The third-order valence-corrected chi connectivity index (χ3v) is 18.6. The maximum Gasteiger partial charge on any atom is -1.00 e. The smallest absolute Gasteiger partial charge is 1.00 e. The van der Waals surface area contributed by atoms with Gasteiger partial charge in [0.2, 0.25) is 0 Å². The summed E-state index contributed by atoms with van der Waals surface area (Å²) in [6.07, 6.45) is 0. The summed E-state index contributed by atoms with van der Waals surface area (Å²) < 4.78 is 6.31. The molecule has 5 heteroatoms. The van der Waals surface area contributed by atoms with Gasteiger partial charge in [-0.3, -0.25) is 0 Å².